The van der Waals surface area contributed by atoms with Crippen molar-refractivity contribution in [2.45, 2.75) is 304 Å². The maximum absolute atomic E-state index is 12.8. The average molecular weight is 849 g/mol. The summed E-state index contributed by atoms with van der Waals surface area (Å²) >= 11 is 0. The van der Waals surface area contributed by atoms with Crippen molar-refractivity contribution < 1.29 is 28.6 Å². The van der Waals surface area contributed by atoms with E-state index in [2.05, 4.69) is 34.6 Å². The second-order valence-corrected chi connectivity index (χ2v) is 19.2. The van der Waals surface area contributed by atoms with Crippen LogP contribution in [-0.2, 0) is 28.6 Å². The van der Waals surface area contributed by atoms with Gasteiger partial charge in [0.25, 0.3) is 0 Å². The SMILES string of the molecule is CCCCCCCCCCCCCCCCCCCCCC(=O)OC[C@H](COC(=O)CCCCCCCCCCC(C)C)OC(=O)CCCCCCCCCCC(C)CC. The summed E-state index contributed by atoms with van der Waals surface area (Å²) in [7, 11) is 0. The van der Waals surface area contributed by atoms with Gasteiger partial charge >= 0.3 is 17.9 Å². The summed E-state index contributed by atoms with van der Waals surface area (Å²) in [6.07, 6.45) is 48.1. The lowest BCUT2D eigenvalue weighted by molar-refractivity contribution is -0.167. The smallest absolute Gasteiger partial charge is 0.306 e. The molecule has 0 heterocycles. The molecule has 0 saturated heterocycles. The molecule has 0 aliphatic rings. The van der Waals surface area contributed by atoms with E-state index in [0.717, 1.165) is 69.6 Å². The zero-order chi connectivity index (χ0) is 44.0. The fourth-order valence-corrected chi connectivity index (χ4v) is 8.13. The van der Waals surface area contributed by atoms with Crippen LogP contribution in [0.15, 0.2) is 0 Å². The number of carbonyl (C=O) groups is 3. The number of unbranched alkanes of at least 4 members (excludes halogenated alkanes) is 32. The lowest BCUT2D eigenvalue weighted by Gasteiger charge is -2.18. The molecule has 0 aromatic carbocycles. The van der Waals surface area contributed by atoms with E-state index in [1.807, 2.05) is 0 Å². The topological polar surface area (TPSA) is 78.9 Å². The minimum atomic E-state index is -0.762. The molecule has 0 rings (SSSR count). The van der Waals surface area contributed by atoms with Crippen molar-refractivity contribution in [3.05, 3.63) is 0 Å². The highest BCUT2D eigenvalue weighted by Crippen LogP contribution is 2.18. The summed E-state index contributed by atoms with van der Waals surface area (Å²) in [4.78, 5) is 37.9. The minimum absolute atomic E-state index is 0.0643. The van der Waals surface area contributed by atoms with Gasteiger partial charge in [-0.2, -0.15) is 0 Å². The summed E-state index contributed by atoms with van der Waals surface area (Å²) in [6, 6.07) is 0. The average Bonchev–Trinajstić information content (AvgIpc) is 3.23. The predicted octanol–water partition coefficient (Wildman–Crippen LogP) is 17.3. The third kappa shape index (κ3) is 45.9. The third-order valence-corrected chi connectivity index (χ3v) is 12.6. The Morgan fingerprint density at radius 1 is 0.350 bits per heavy atom. The lowest BCUT2D eigenvalue weighted by atomic mass is 9.99. The Bertz CT molecular complexity index is 918. The van der Waals surface area contributed by atoms with E-state index in [9.17, 15) is 14.4 Å². The molecule has 0 spiro atoms. The van der Waals surface area contributed by atoms with Gasteiger partial charge in [-0.3, -0.25) is 14.4 Å². The molecular formula is C54H104O6. The van der Waals surface area contributed by atoms with E-state index >= 15 is 0 Å². The summed E-state index contributed by atoms with van der Waals surface area (Å²) in [5.41, 5.74) is 0. The van der Waals surface area contributed by atoms with Gasteiger partial charge in [0.05, 0.1) is 0 Å². The highest BCUT2D eigenvalue weighted by molar-refractivity contribution is 5.71. The number of esters is 3. The molecule has 60 heavy (non-hydrogen) atoms. The first kappa shape index (κ1) is 58.4. The highest BCUT2D eigenvalue weighted by Gasteiger charge is 2.19. The van der Waals surface area contributed by atoms with E-state index < -0.39 is 6.10 Å². The van der Waals surface area contributed by atoms with Gasteiger partial charge < -0.3 is 14.2 Å². The summed E-state index contributed by atoms with van der Waals surface area (Å²) in [5, 5.41) is 0. The fraction of sp³-hybridized carbons (Fsp3) is 0.944. The highest BCUT2D eigenvalue weighted by atomic mass is 16.6. The number of hydrogen-bond acceptors (Lipinski definition) is 6. The summed E-state index contributed by atoms with van der Waals surface area (Å²) in [6.45, 7) is 11.4. The van der Waals surface area contributed by atoms with Gasteiger partial charge in [-0.05, 0) is 31.1 Å². The maximum Gasteiger partial charge on any atom is 0.306 e. The molecule has 0 aromatic heterocycles. The molecule has 0 bridgehead atoms. The van der Waals surface area contributed by atoms with Crippen LogP contribution in [0.2, 0.25) is 0 Å². The normalized spacial score (nSPS) is 12.5. The van der Waals surface area contributed by atoms with Crippen LogP contribution in [0.1, 0.15) is 298 Å². The third-order valence-electron chi connectivity index (χ3n) is 12.6. The molecule has 1 unspecified atom stereocenters. The predicted molar refractivity (Wildman–Crippen MR) is 256 cm³/mol. The van der Waals surface area contributed by atoms with Crippen molar-refractivity contribution in [1.82, 2.24) is 0 Å². The molecule has 6 nitrogen and oxygen atoms in total. The van der Waals surface area contributed by atoms with Crippen LogP contribution >= 0.6 is 0 Å². The molecule has 356 valence electrons. The summed E-state index contributed by atoms with van der Waals surface area (Å²) < 4.78 is 16.8. The van der Waals surface area contributed by atoms with Crippen molar-refractivity contribution >= 4 is 17.9 Å². The number of hydrogen-bond donors (Lipinski definition) is 0. The Kier molecular flexibility index (Phi) is 45.7. The van der Waals surface area contributed by atoms with E-state index in [0.29, 0.717) is 19.3 Å². The quantitative estimate of drug-likeness (QED) is 0.0345. The van der Waals surface area contributed by atoms with Crippen LogP contribution in [0.25, 0.3) is 0 Å². The van der Waals surface area contributed by atoms with Crippen LogP contribution in [-0.4, -0.2) is 37.2 Å². The summed E-state index contributed by atoms with van der Waals surface area (Å²) in [5.74, 6) is 0.790. The molecule has 2 atom stereocenters. The van der Waals surface area contributed by atoms with Crippen molar-refractivity contribution in [2.24, 2.45) is 11.8 Å². The van der Waals surface area contributed by atoms with Gasteiger partial charge in [0.2, 0.25) is 0 Å². The molecule has 0 amide bonds. The monoisotopic (exact) mass is 849 g/mol. The molecule has 0 fully saturated rings. The van der Waals surface area contributed by atoms with E-state index in [1.165, 1.54) is 186 Å². The standard InChI is InChI=1S/C54H104O6/c1-6-8-9-10-11-12-13-14-15-16-17-18-19-20-21-22-29-34-39-44-52(55)58-47-51(48-59-53(56)45-40-35-30-25-23-27-32-37-42-49(3)4)60-54(57)46-41-36-31-26-24-28-33-38-43-50(5)7-2/h49-51H,6-48H2,1-5H3/t50?,51-/m1/s1. The second-order valence-electron chi connectivity index (χ2n) is 19.2. The van der Waals surface area contributed by atoms with Crippen molar-refractivity contribution in [2.75, 3.05) is 13.2 Å². The van der Waals surface area contributed by atoms with Crippen molar-refractivity contribution in [1.29, 1.82) is 0 Å². The molecule has 0 aliphatic heterocycles. The number of rotatable bonds is 48. The van der Waals surface area contributed by atoms with Crippen molar-refractivity contribution in [3.63, 3.8) is 0 Å². The molecule has 0 aromatic rings. The van der Waals surface area contributed by atoms with Crippen LogP contribution in [0.3, 0.4) is 0 Å². The van der Waals surface area contributed by atoms with Crippen LogP contribution in [0.5, 0.6) is 0 Å². The second kappa shape index (κ2) is 46.9. The largest absolute Gasteiger partial charge is 0.462 e. The molecule has 0 N–H and O–H groups in total. The molecule has 0 radical (unpaired) electrons. The van der Waals surface area contributed by atoms with E-state index in [1.54, 1.807) is 0 Å². The zero-order valence-corrected chi connectivity index (χ0v) is 41.1. The lowest BCUT2D eigenvalue weighted by Crippen LogP contribution is -2.30. The Morgan fingerprint density at radius 2 is 0.633 bits per heavy atom. The Hall–Kier alpha value is -1.59. The van der Waals surface area contributed by atoms with Gasteiger partial charge in [-0.25, -0.2) is 0 Å². The fourth-order valence-electron chi connectivity index (χ4n) is 8.13. The van der Waals surface area contributed by atoms with Gasteiger partial charge in [0.15, 0.2) is 6.10 Å². The number of carbonyl (C=O) groups excluding carboxylic acids is 3. The van der Waals surface area contributed by atoms with Gasteiger partial charge in [-0.1, -0.05) is 259 Å². The Labute approximate surface area is 374 Å². The Morgan fingerprint density at radius 3 is 0.950 bits per heavy atom. The van der Waals surface area contributed by atoms with Crippen molar-refractivity contribution in [3.8, 4) is 0 Å². The Balaban J connectivity index is 4.25. The van der Waals surface area contributed by atoms with Gasteiger partial charge in [-0.15, -0.1) is 0 Å². The van der Waals surface area contributed by atoms with E-state index in [4.69, 9.17) is 14.2 Å². The van der Waals surface area contributed by atoms with Crippen LogP contribution in [0.4, 0.5) is 0 Å². The molecular weight excluding hydrogens is 745 g/mol. The van der Waals surface area contributed by atoms with Crippen LogP contribution in [0, 0.1) is 11.8 Å². The van der Waals surface area contributed by atoms with E-state index in [-0.39, 0.29) is 31.1 Å². The maximum atomic E-state index is 12.8. The first-order chi connectivity index (χ1) is 29.3. The molecule has 0 saturated carbocycles. The zero-order valence-electron chi connectivity index (χ0n) is 41.1. The first-order valence-corrected chi connectivity index (χ1v) is 26.8. The van der Waals surface area contributed by atoms with Gasteiger partial charge in [0, 0.05) is 19.3 Å². The van der Waals surface area contributed by atoms with Gasteiger partial charge in [0.1, 0.15) is 13.2 Å². The number of ether oxygens (including phenoxy) is 3. The molecule has 0 aliphatic carbocycles. The minimum Gasteiger partial charge on any atom is -0.462 e. The first-order valence-electron chi connectivity index (χ1n) is 26.8. The molecule has 6 heteroatoms. The van der Waals surface area contributed by atoms with Crippen LogP contribution < -0.4 is 0 Å².